The minimum Gasteiger partial charge on any atom is -0.369 e. The summed E-state index contributed by atoms with van der Waals surface area (Å²) in [5, 5.41) is 3.35. The second-order valence-corrected chi connectivity index (χ2v) is 8.21. The molecule has 0 aliphatic carbocycles. The minimum atomic E-state index is -0.419. The average molecular weight is 372 g/mol. The van der Waals surface area contributed by atoms with Crippen LogP contribution in [-0.4, -0.2) is 39.1 Å². The van der Waals surface area contributed by atoms with Crippen LogP contribution < -0.4 is 21.1 Å². The van der Waals surface area contributed by atoms with Crippen molar-refractivity contribution in [2.45, 2.75) is 46.0 Å². The van der Waals surface area contributed by atoms with Crippen LogP contribution in [0.25, 0.3) is 0 Å². The first kappa shape index (κ1) is 21.2. The van der Waals surface area contributed by atoms with E-state index in [9.17, 15) is 9.59 Å². The molecule has 0 aromatic heterocycles. The quantitative estimate of drug-likeness (QED) is 0.682. The van der Waals surface area contributed by atoms with Gasteiger partial charge in [0.05, 0.1) is 0 Å². The maximum atomic E-state index is 12.3. The molecule has 0 heterocycles. The third-order valence-electron chi connectivity index (χ3n) is 4.99. The molecule has 5 nitrogen and oxygen atoms in total. The molecule has 0 aliphatic heterocycles. The van der Waals surface area contributed by atoms with Gasteiger partial charge in [0.2, 0.25) is 0 Å². The van der Waals surface area contributed by atoms with Crippen molar-refractivity contribution >= 4 is 17.1 Å². The van der Waals surface area contributed by atoms with Crippen molar-refractivity contribution in [1.82, 2.24) is 4.90 Å². The number of hydrogen-bond donors (Lipinski definition) is 1. The molecule has 27 heavy (non-hydrogen) atoms. The monoisotopic (exact) mass is 371 g/mol. The zero-order chi connectivity index (χ0) is 20.3. The Labute approximate surface area is 162 Å². The van der Waals surface area contributed by atoms with E-state index in [-0.39, 0.29) is 0 Å². The number of anilines is 3. The topological polar surface area (TPSA) is 52.6 Å². The van der Waals surface area contributed by atoms with Gasteiger partial charge in [-0.25, -0.2) is 0 Å². The lowest BCUT2D eigenvalue weighted by Gasteiger charge is -2.26. The maximum absolute atomic E-state index is 12.3. The summed E-state index contributed by atoms with van der Waals surface area (Å²) < 4.78 is 0. The highest BCUT2D eigenvalue weighted by Gasteiger charge is 2.26. The molecule has 0 aliphatic rings. The van der Waals surface area contributed by atoms with Gasteiger partial charge in [0.15, 0.2) is 0 Å². The molecule has 0 fully saturated rings. The van der Waals surface area contributed by atoms with Crippen LogP contribution in [0.1, 0.15) is 57.1 Å². The largest absolute Gasteiger partial charge is 0.369 e. The molecule has 0 bridgehead atoms. The predicted octanol–water partition coefficient (Wildman–Crippen LogP) is 3.66. The first-order valence-electron chi connectivity index (χ1n) is 9.74. The summed E-state index contributed by atoms with van der Waals surface area (Å²) >= 11 is 0. The van der Waals surface area contributed by atoms with Crippen molar-refractivity contribution in [3.8, 4) is 0 Å². The summed E-state index contributed by atoms with van der Waals surface area (Å²) in [4.78, 5) is 28.6. The fraction of sp³-hybridized carbons (Fsp3) is 0.545. The van der Waals surface area contributed by atoms with Crippen molar-refractivity contribution in [3.63, 3.8) is 0 Å². The van der Waals surface area contributed by atoms with Crippen molar-refractivity contribution in [2.75, 3.05) is 44.4 Å². The molecule has 0 radical (unpaired) electrons. The van der Waals surface area contributed by atoms with Crippen LogP contribution in [0, 0.1) is 0 Å². The summed E-state index contributed by atoms with van der Waals surface area (Å²) in [7, 11) is 5.94. The Morgan fingerprint density at radius 2 is 1.41 bits per heavy atom. The zero-order valence-electron chi connectivity index (χ0n) is 17.7. The molecule has 0 saturated heterocycles. The van der Waals surface area contributed by atoms with Crippen LogP contribution in [0.15, 0.2) is 27.8 Å². The molecule has 2 aromatic rings. The summed E-state index contributed by atoms with van der Waals surface area (Å²) in [6, 6.07) is 6.24. The van der Waals surface area contributed by atoms with E-state index in [1.165, 1.54) is 0 Å². The summed E-state index contributed by atoms with van der Waals surface area (Å²) in [5.41, 5.74) is 3.42. The van der Waals surface area contributed by atoms with Gasteiger partial charge in [-0.05, 0) is 50.0 Å². The van der Waals surface area contributed by atoms with E-state index in [0.29, 0.717) is 23.2 Å². The van der Waals surface area contributed by atoms with E-state index >= 15 is 0 Å². The number of hydrogen-bond acceptors (Lipinski definition) is 5. The Balaban J connectivity index is 2.36. The highest BCUT2D eigenvalue weighted by molar-refractivity contribution is 5.81. The molecule has 2 rings (SSSR count). The highest BCUT2D eigenvalue weighted by Crippen LogP contribution is 2.35. The van der Waals surface area contributed by atoms with Crippen LogP contribution >= 0.6 is 0 Å². The van der Waals surface area contributed by atoms with Gasteiger partial charge >= 0.3 is 0 Å². The zero-order valence-corrected chi connectivity index (χ0v) is 17.7. The molecule has 0 atom stereocenters. The second kappa shape index (κ2) is 8.70. The lowest BCUT2D eigenvalue weighted by atomic mass is 9.92. The SMILES string of the molecule is CC(C)c1cccc(C(C)C)c1Nc1c(N(C)CCCN(C)C)c(=O)c1=O. The predicted molar refractivity (Wildman–Crippen MR) is 116 cm³/mol. The Kier molecular flexibility index (Phi) is 6.82. The van der Waals surface area contributed by atoms with Crippen molar-refractivity contribution in [2.24, 2.45) is 0 Å². The van der Waals surface area contributed by atoms with Crippen molar-refractivity contribution in [1.29, 1.82) is 0 Å². The Morgan fingerprint density at radius 3 is 1.89 bits per heavy atom. The van der Waals surface area contributed by atoms with Gasteiger partial charge in [-0.1, -0.05) is 45.9 Å². The summed E-state index contributed by atoms with van der Waals surface area (Å²) in [5.74, 6) is 0.637. The van der Waals surface area contributed by atoms with Gasteiger partial charge in [0, 0.05) is 19.3 Å². The van der Waals surface area contributed by atoms with E-state index in [4.69, 9.17) is 0 Å². The molecule has 148 valence electrons. The highest BCUT2D eigenvalue weighted by atomic mass is 16.2. The van der Waals surface area contributed by atoms with Crippen molar-refractivity contribution < 1.29 is 0 Å². The fourth-order valence-electron chi connectivity index (χ4n) is 3.42. The van der Waals surface area contributed by atoms with E-state index in [1.807, 2.05) is 26.0 Å². The third kappa shape index (κ3) is 4.59. The Morgan fingerprint density at radius 1 is 0.852 bits per heavy atom. The minimum absolute atomic E-state index is 0.318. The molecule has 0 unspecified atom stereocenters. The molecule has 0 saturated carbocycles. The van der Waals surface area contributed by atoms with E-state index in [1.54, 1.807) is 0 Å². The first-order valence-corrected chi connectivity index (χ1v) is 9.74. The summed E-state index contributed by atoms with van der Waals surface area (Å²) in [6.07, 6.45) is 0.932. The van der Waals surface area contributed by atoms with Crippen LogP contribution in [0.4, 0.5) is 17.1 Å². The lowest BCUT2D eigenvalue weighted by molar-refractivity contribution is 0.401. The lowest BCUT2D eigenvalue weighted by Crippen LogP contribution is -2.41. The molecule has 0 amide bonds. The average Bonchev–Trinajstić information content (AvgIpc) is 2.60. The first-order chi connectivity index (χ1) is 12.6. The standard InChI is InChI=1S/C22H33N3O2/c1-14(2)16-10-8-11-17(15(3)4)18(16)23-19-20(22(27)21(19)26)25(7)13-9-12-24(5)6/h8,10-11,14-15,23H,9,12-13H2,1-7H3. The fourth-order valence-corrected chi connectivity index (χ4v) is 3.42. The van der Waals surface area contributed by atoms with E-state index in [0.717, 1.165) is 36.3 Å². The number of para-hydroxylation sites is 1. The van der Waals surface area contributed by atoms with Gasteiger partial charge in [0.1, 0.15) is 11.4 Å². The van der Waals surface area contributed by atoms with E-state index in [2.05, 4.69) is 56.1 Å². The van der Waals surface area contributed by atoms with Crippen LogP contribution in [0.2, 0.25) is 0 Å². The second-order valence-electron chi connectivity index (χ2n) is 8.21. The van der Waals surface area contributed by atoms with Crippen LogP contribution in [0.5, 0.6) is 0 Å². The molecular weight excluding hydrogens is 338 g/mol. The Hall–Kier alpha value is -2.14. The van der Waals surface area contributed by atoms with Gasteiger partial charge in [-0.2, -0.15) is 0 Å². The molecule has 1 N–H and O–H groups in total. The molecular formula is C22H33N3O2. The third-order valence-corrected chi connectivity index (χ3v) is 4.99. The van der Waals surface area contributed by atoms with E-state index < -0.39 is 10.9 Å². The summed E-state index contributed by atoms with van der Waals surface area (Å²) in [6.45, 7) is 10.2. The van der Waals surface area contributed by atoms with Gasteiger partial charge in [-0.15, -0.1) is 0 Å². The smallest absolute Gasteiger partial charge is 0.253 e. The molecule has 5 heteroatoms. The number of nitrogens with one attached hydrogen (secondary N) is 1. The molecule has 0 spiro atoms. The number of nitrogens with zero attached hydrogens (tertiary/aromatic N) is 2. The van der Waals surface area contributed by atoms with Crippen LogP contribution in [-0.2, 0) is 0 Å². The normalized spacial score (nSPS) is 11.8. The van der Waals surface area contributed by atoms with Gasteiger partial charge < -0.3 is 15.1 Å². The Bertz CT molecular complexity index is 820. The number of rotatable bonds is 9. The van der Waals surface area contributed by atoms with Gasteiger partial charge in [0.25, 0.3) is 10.9 Å². The van der Waals surface area contributed by atoms with Crippen LogP contribution in [0.3, 0.4) is 0 Å². The molecule has 2 aromatic carbocycles. The maximum Gasteiger partial charge on any atom is 0.253 e. The van der Waals surface area contributed by atoms with Crippen molar-refractivity contribution in [3.05, 3.63) is 49.8 Å². The van der Waals surface area contributed by atoms with Gasteiger partial charge in [-0.3, -0.25) is 9.59 Å². The number of benzene rings is 1.